The van der Waals surface area contributed by atoms with E-state index in [4.69, 9.17) is 14.2 Å². The zero-order valence-corrected chi connectivity index (χ0v) is 22.7. The summed E-state index contributed by atoms with van der Waals surface area (Å²) in [5.41, 5.74) is 0.153. The second-order valence-corrected chi connectivity index (χ2v) is 12.1. The molecule has 5 fully saturated rings. The summed E-state index contributed by atoms with van der Waals surface area (Å²) in [5.74, 6) is -1.18. The highest BCUT2D eigenvalue weighted by Gasteiger charge is 2.61. The average Bonchev–Trinajstić information content (AvgIpc) is 3.47. The fraction of sp³-hybridized carbons (Fsp3) is 0.750. The first-order chi connectivity index (χ1) is 19.5. The first kappa shape index (κ1) is 26.1. The molecule has 0 N–H and O–H groups in total. The van der Waals surface area contributed by atoms with Gasteiger partial charge in [-0.2, -0.15) is 0 Å². The summed E-state index contributed by atoms with van der Waals surface area (Å²) in [7, 11) is 1.24. The molecule has 4 heterocycles. The molecular formula is C28H36FN5O6. The molecule has 0 radical (unpaired) electrons. The van der Waals surface area contributed by atoms with Gasteiger partial charge in [-0.3, -0.25) is 9.59 Å². The number of rotatable bonds is 3. The fourth-order valence-corrected chi connectivity index (χ4v) is 8.39. The van der Waals surface area contributed by atoms with Gasteiger partial charge in [0.25, 0.3) is 11.7 Å². The van der Waals surface area contributed by atoms with Crippen LogP contribution in [0.2, 0.25) is 0 Å². The molecule has 11 nitrogen and oxygen atoms in total. The number of halogens is 1. The third-order valence-corrected chi connectivity index (χ3v) is 10.2. The van der Waals surface area contributed by atoms with Crippen LogP contribution in [-0.4, -0.2) is 106 Å². The highest BCUT2D eigenvalue weighted by atomic mass is 19.1. The van der Waals surface area contributed by atoms with Crippen molar-refractivity contribution < 1.29 is 33.0 Å². The number of carbonyl (C=O) groups is 3. The fourth-order valence-electron chi connectivity index (χ4n) is 8.39. The van der Waals surface area contributed by atoms with E-state index < -0.39 is 36.2 Å². The second kappa shape index (κ2) is 10.2. The minimum atomic E-state index is -1.48. The van der Waals surface area contributed by atoms with Crippen molar-refractivity contribution in [1.29, 1.82) is 0 Å². The van der Waals surface area contributed by atoms with Crippen molar-refractivity contribution in [2.24, 2.45) is 17.8 Å². The molecule has 1 aromatic rings. The molecule has 12 heteroatoms. The molecule has 3 saturated carbocycles. The first-order valence-corrected chi connectivity index (χ1v) is 14.7. The summed E-state index contributed by atoms with van der Waals surface area (Å²) in [6, 6.07) is -1.27. The molecule has 6 aliphatic rings. The summed E-state index contributed by atoms with van der Waals surface area (Å²) < 4.78 is 34.5. The summed E-state index contributed by atoms with van der Waals surface area (Å²) in [6.07, 6.45) is 7.31. The number of ether oxygens (including phenoxy) is 3. The summed E-state index contributed by atoms with van der Waals surface area (Å²) in [4.78, 5) is 47.6. The van der Waals surface area contributed by atoms with Crippen LogP contribution in [0.25, 0.3) is 0 Å². The molecule has 7 rings (SSSR count). The first-order valence-electron chi connectivity index (χ1n) is 14.7. The van der Waals surface area contributed by atoms with Crippen LogP contribution < -0.4 is 0 Å². The number of methoxy groups -OCH3 is 1. The Balaban J connectivity index is 1.29. The van der Waals surface area contributed by atoms with E-state index in [9.17, 15) is 14.4 Å². The smallest absolute Gasteiger partial charge is 0.377 e. The van der Waals surface area contributed by atoms with E-state index in [-0.39, 0.29) is 41.7 Å². The molecule has 0 aromatic carbocycles. The normalized spacial score (nSPS) is 39.0. The summed E-state index contributed by atoms with van der Waals surface area (Å²) in [5, 5.41) is 4.25. The lowest BCUT2D eigenvalue weighted by Gasteiger charge is -2.62. The van der Waals surface area contributed by atoms with Gasteiger partial charge in [-0.05, 0) is 37.5 Å². The average molecular weight is 558 g/mol. The number of aromatic nitrogens is 3. The van der Waals surface area contributed by atoms with E-state index >= 15 is 4.39 Å². The van der Waals surface area contributed by atoms with E-state index in [0.29, 0.717) is 38.1 Å². The molecular weight excluding hydrogens is 521 g/mol. The van der Waals surface area contributed by atoms with Crippen molar-refractivity contribution in [2.45, 2.75) is 81.5 Å². The van der Waals surface area contributed by atoms with E-state index in [1.54, 1.807) is 11.1 Å². The number of ketones is 1. The molecule has 3 aliphatic carbocycles. The van der Waals surface area contributed by atoms with Gasteiger partial charge < -0.3 is 24.0 Å². The van der Waals surface area contributed by atoms with Gasteiger partial charge >= 0.3 is 5.97 Å². The Bertz CT molecular complexity index is 1220. The maximum atomic E-state index is 16.1. The minimum Gasteiger partial charge on any atom is -0.463 e. The Labute approximate surface area is 232 Å². The lowest BCUT2D eigenvalue weighted by atomic mass is 9.63. The van der Waals surface area contributed by atoms with Crippen molar-refractivity contribution in [3.8, 4) is 0 Å². The largest absolute Gasteiger partial charge is 0.463 e. The predicted molar refractivity (Wildman–Crippen MR) is 137 cm³/mol. The molecule has 0 spiro atoms. The van der Waals surface area contributed by atoms with Gasteiger partial charge in [0.1, 0.15) is 24.6 Å². The maximum Gasteiger partial charge on any atom is 0.377 e. The topological polar surface area (TPSA) is 116 Å². The van der Waals surface area contributed by atoms with Crippen LogP contribution in [0.5, 0.6) is 0 Å². The van der Waals surface area contributed by atoms with Gasteiger partial charge in [0, 0.05) is 25.2 Å². The molecule has 1 aromatic heterocycles. The lowest BCUT2D eigenvalue weighted by molar-refractivity contribution is -0.221. The Kier molecular flexibility index (Phi) is 6.65. The standard InChI is InChI=1S/C28H36FN5O6/c1-38-28(37)26-30-14-34(31-26)23-19(29)12-17-22-25(23)40-20-7-6-15-4-2-3-5-16(15)21(20)33(22)13-18(24(17)35)27(36)32-8-10-39-11-9-32/h13-17,19-23,25H,2-12H2,1H3. The second-order valence-electron chi connectivity index (χ2n) is 12.1. The van der Waals surface area contributed by atoms with E-state index in [1.807, 2.05) is 0 Å². The Morgan fingerprint density at radius 1 is 1.07 bits per heavy atom. The van der Waals surface area contributed by atoms with Crippen LogP contribution in [0.4, 0.5) is 4.39 Å². The minimum absolute atomic E-state index is 0.0292. The molecule has 3 aliphatic heterocycles. The molecule has 9 unspecified atom stereocenters. The zero-order chi connectivity index (χ0) is 27.5. The van der Waals surface area contributed by atoms with Gasteiger partial charge in [-0.25, -0.2) is 18.9 Å². The third-order valence-electron chi connectivity index (χ3n) is 10.2. The van der Waals surface area contributed by atoms with E-state index in [2.05, 4.69) is 15.0 Å². The van der Waals surface area contributed by atoms with Crippen LogP contribution in [0.15, 0.2) is 18.1 Å². The quantitative estimate of drug-likeness (QED) is 0.404. The maximum absolute atomic E-state index is 16.1. The van der Waals surface area contributed by atoms with Gasteiger partial charge in [-0.1, -0.05) is 19.3 Å². The van der Waals surface area contributed by atoms with Crippen molar-refractivity contribution >= 4 is 17.7 Å². The predicted octanol–water partition coefficient (Wildman–Crippen LogP) is 1.70. The van der Waals surface area contributed by atoms with Crippen molar-refractivity contribution in [1.82, 2.24) is 24.6 Å². The number of hydrogen-bond acceptors (Lipinski definition) is 9. The van der Waals surface area contributed by atoms with Gasteiger partial charge in [0.2, 0.25) is 0 Å². The van der Waals surface area contributed by atoms with Gasteiger partial charge in [-0.15, -0.1) is 5.10 Å². The molecule has 216 valence electrons. The van der Waals surface area contributed by atoms with Crippen LogP contribution in [0, 0.1) is 17.8 Å². The zero-order valence-electron chi connectivity index (χ0n) is 22.7. The number of esters is 1. The van der Waals surface area contributed by atoms with Crippen molar-refractivity contribution in [3.05, 3.63) is 23.9 Å². The molecule has 9 atom stereocenters. The third kappa shape index (κ3) is 4.08. The van der Waals surface area contributed by atoms with Crippen LogP contribution in [-0.2, 0) is 23.8 Å². The highest BCUT2D eigenvalue weighted by molar-refractivity contribution is 6.20. The Hall–Kier alpha value is -2.86. The van der Waals surface area contributed by atoms with Crippen LogP contribution in [0.3, 0.4) is 0 Å². The highest BCUT2D eigenvalue weighted by Crippen LogP contribution is 2.53. The monoisotopic (exact) mass is 557 g/mol. The van der Waals surface area contributed by atoms with E-state index in [1.165, 1.54) is 31.0 Å². The van der Waals surface area contributed by atoms with Crippen LogP contribution >= 0.6 is 0 Å². The lowest BCUT2D eigenvalue weighted by Crippen LogP contribution is -2.71. The van der Waals surface area contributed by atoms with Gasteiger partial charge in [0.15, 0.2) is 5.78 Å². The number of alkyl halides is 1. The van der Waals surface area contributed by atoms with Crippen molar-refractivity contribution in [3.63, 3.8) is 0 Å². The Morgan fingerprint density at radius 2 is 1.88 bits per heavy atom. The Morgan fingerprint density at radius 3 is 2.67 bits per heavy atom. The van der Waals surface area contributed by atoms with E-state index in [0.717, 1.165) is 25.7 Å². The SMILES string of the molecule is COC(=O)c1ncn(C2C(F)CC3C(=O)C(C(=O)N4CCOCC4)=CN4C5C(CCC6CCCCC65)OC2C34)n1. The summed E-state index contributed by atoms with van der Waals surface area (Å²) in [6.45, 7) is 1.74. The van der Waals surface area contributed by atoms with Crippen molar-refractivity contribution in [2.75, 3.05) is 33.4 Å². The number of fused-ring (bicyclic) bond motifs is 4. The number of nitrogens with zero attached hydrogens (tertiary/aromatic N) is 5. The van der Waals surface area contributed by atoms with Crippen LogP contribution in [0.1, 0.15) is 61.6 Å². The number of Topliss-reactive ketones (excluding diaryl/α,β-unsaturated/α-hetero) is 1. The molecule has 0 bridgehead atoms. The molecule has 2 saturated heterocycles. The van der Waals surface area contributed by atoms with Gasteiger partial charge in [0.05, 0.1) is 44.1 Å². The number of morpholine rings is 2. The number of amides is 1. The molecule has 40 heavy (non-hydrogen) atoms. The number of carbonyl (C=O) groups excluding carboxylic acids is 3. The number of hydrogen-bond donors (Lipinski definition) is 0. The molecule has 1 amide bonds. The summed E-state index contributed by atoms with van der Waals surface area (Å²) >= 11 is 0.